The maximum atomic E-state index is 5.52. The molecule has 3 nitrogen and oxygen atoms in total. The Balaban J connectivity index is 1.74. The molecule has 1 aliphatic rings. The van der Waals surface area contributed by atoms with E-state index in [9.17, 15) is 0 Å². The van der Waals surface area contributed by atoms with Gasteiger partial charge in [-0.3, -0.25) is 0 Å². The van der Waals surface area contributed by atoms with Crippen LogP contribution in [0.2, 0.25) is 0 Å². The molecule has 1 aliphatic heterocycles. The summed E-state index contributed by atoms with van der Waals surface area (Å²) in [6, 6.07) is 8.61. The molecule has 4 heteroatoms. The van der Waals surface area contributed by atoms with Gasteiger partial charge in [0, 0.05) is 52.4 Å². The third-order valence-corrected chi connectivity index (χ3v) is 5.96. The van der Waals surface area contributed by atoms with Crippen molar-refractivity contribution < 1.29 is 4.74 Å². The molecule has 1 saturated heterocycles. The standard InChI is InChI=1S/C21H26N2OS/c1-21(2,3)20-22-18(13-23(20)12-15-8-10-24-11-9-15)17-14-25-19-7-5-4-6-16(17)19/h4-7,13-15H,8-12H2,1-3H3. The van der Waals surface area contributed by atoms with Crippen molar-refractivity contribution in [2.24, 2.45) is 5.92 Å². The number of hydrogen-bond acceptors (Lipinski definition) is 3. The van der Waals surface area contributed by atoms with Crippen LogP contribution in [0.5, 0.6) is 0 Å². The second kappa shape index (κ2) is 6.58. The fourth-order valence-electron chi connectivity index (χ4n) is 3.67. The molecule has 3 heterocycles. The molecule has 132 valence electrons. The number of nitrogens with zero attached hydrogens (tertiary/aromatic N) is 2. The van der Waals surface area contributed by atoms with Gasteiger partial charge >= 0.3 is 0 Å². The van der Waals surface area contributed by atoms with Crippen LogP contribution in [-0.2, 0) is 16.7 Å². The number of hydrogen-bond donors (Lipinski definition) is 0. The van der Waals surface area contributed by atoms with Crippen molar-refractivity contribution in [1.29, 1.82) is 0 Å². The summed E-state index contributed by atoms with van der Waals surface area (Å²) in [5.41, 5.74) is 2.40. The van der Waals surface area contributed by atoms with Gasteiger partial charge in [0.25, 0.3) is 0 Å². The maximum Gasteiger partial charge on any atom is 0.114 e. The summed E-state index contributed by atoms with van der Waals surface area (Å²) in [4.78, 5) is 5.08. The van der Waals surface area contributed by atoms with E-state index >= 15 is 0 Å². The fraction of sp³-hybridized carbons (Fsp3) is 0.476. The summed E-state index contributed by atoms with van der Waals surface area (Å²) in [7, 11) is 0. The second-order valence-electron chi connectivity index (χ2n) is 8.05. The first kappa shape index (κ1) is 16.8. The lowest BCUT2D eigenvalue weighted by atomic mass is 9.94. The Hall–Kier alpha value is -1.65. The fourth-order valence-corrected chi connectivity index (χ4v) is 4.62. The van der Waals surface area contributed by atoms with Crippen LogP contribution >= 0.6 is 11.3 Å². The number of thiophene rings is 1. The second-order valence-corrected chi connectivity index (χ2v) is 8.96. The number of benzene rings is 1. The average molecular weight is 355 g/mol. The molecule has 3 aromatic rings. The first-order chi connectivity index (χ1) is 12.0. The van der Waals surface area contributed by atoms with Gasteiger partial charge in [0.15, 0.2) is 0 Å². The highest BCUT2D eigenvalue weighted by atomic mass is 32.1. The van der Waals surface area contributed by atoms with Crippen LogP contribution in [0.25, 0.3) is 21.3 Å². The zero-order valence-electron chi connectivity index (χ0n) is 15.3. The van der Waals surface area contributed by atoms with Crippen molar-refractivity contribution in [2.75, 3.05) is 13.2 Å². The highest BCUT2D eigenvalue weighted by molar-refractivity contribution is 7.17. The predicted molar refractivity (Wildman–Crippen MR) is 105 cm³/mol. The smallest absolute Gasteiger partial charge is 0.114 e. The van der Waals surface area contributed by atoms with E-state index in [2.05, 4.69) is 61.2 Å². The number of imidazole rings is 1. The summed E-state index contributed by atoms with van der Waals surface area (Å²) >= 11 is 1.80. The molecule has 0 bridgehead atoms. The molecule has 0 spiro atoms. The van der Waals surface area contributed by atoms with E-state index in [0.717, 1.165) is 38.3 Å². The minimum atomic E-state index is 0.0369. The molecule has 1 fully saturated rings. The van der Waals surface area contributed by atoms with E-state index < -0.39 is 0 Å². The molecule has 0 unspecified atom stereocenters. The van der Waals surface area contributed by atoms with Crippen molar-refractivity contribution >= 4 is 21.4 Å². The Morgan fingerprint density at radius 2 is 1.96 bits per heavy atom. The first-order valence-corrected chi connectivity index (χ1v) is 10.0. The lowest BCUT2D eigenvalue weighted by molar-refractivity contribution is 0.0608. The normalized spacial score (nSPS) is 16.6. The van der Waals surface area contributed by atoms with E-state index in [1.54, 1.807) is 11.3 Å². The molecule has 1 aromatic carbocycles. The van der Waals surface area contributed by atoms with Crippen LogP contribution in [0.1, 0.15) is 39.4 Å². The molecule has 0 radical (unpaired) electrons. The third-order valence-electron chi connectivity index (χ3n) is 5.00. The highest BCUT2D eigenvalue weighted by Gasteiger charge is 2.25. The molecule has 2 aromatic heterocycles. The van der Waals surface area contributed by atoms with Crippen molar-refractivity contribution in [3.8, 4) is 11.3 Å². The number of ether oxygens (including phenoxy) is 1. The minimum absolute atomic E-state index is 0.0369. The molecular weight excluding hydrogens is 328 g/mol. The van der Waals surface area contributed by atoms with Gasteiger partial charge in [-0.05, 0) is 24.8 Å². The van der Waals surface area contributed by atoms with Crippen molar-refractivity contribution in [3.05, 3.63) is 41.7 Å². The Labute approximate surface area is 153 Å². The Bertz CT molecular complexity index is 866. The van der Waals surface area contributed by atoms with Crippen molar-refractivity contribution in [1.82, 2.24) is 9.55 Å². The zero-order valence-corrected chi connectivity index (χ0v) is 16.1. The average Bonchev–Trinajstić information content (AvgIpc) is 3.19. The molecule has 0 aliphatic carbocycles. The molecule has 0 atom stereocenters. The molecule has 0 saturated carbocycles. The van der Waals surface area contributed by atoms with Crippen LogP contribution in [0, 0.1) is 5.92 Å². The van der Waals surface area contributed by atoms with Gasteiger partial charge in [-0.15, -0.1) is 11.3 Å². The van der Waals surface area contributed by atoms with Crippen LogP contribution in [0.15, 0.2) is 35.8 Å². The third kappa shape index (κ3) is 3.38. The van der Waals surface area contributed by atoms with Crippen LogP contribution in [-0.4, -0.2) is 22.8 Å². The van der Waals surface area contributed by atoms with Crippen LogP contribution in [0.3, 0.4) is 0 Å². The summed E-state index contributed by atoms with van der Waals surface area (Å²) in [5.74, 6) is 1.88. The lowest BCUT2D eigenvalue weighted by Crippen LogP contribution is -2.24. The van der Waals surface area contributed by atoms with Crippen molar-refractivity contribution in [3.63, 3.8) is 0 Å². The molecule has 4 rings (SSSR count). The van der Waals surface area contributed by atoms with Gasteiger partial charge in [0.05, 0.1) is 5.69 Å². The summed E-state index contributed by atoms with van der Waals surface area (Å²) < 4.78 is 9.25. The largest absolute Gasteiger partial charge is 0.381 e. The number of rotatable bonds is 3. The van der Waals surface area contributed by atoms with Crippen LogP contribution < -0.4 is 0 Å². The monoisotopic (exact) mass is 354 g/mol. The number of aromatic nitrogens is 2. The Morgan fingerprint density at radius 3 is 2.72 bits per heavy atom. The summed E-state index contributed by atoms with van der Waals surface area (Å²) in [6.45, 7) is 9.60. The maximum absolute atomic E-state index is 5.52. The van der Waals surface area contributed by atoms with Crippen LogP contribution in [0.4, 0.5) is 0 Å². The topological polar surface area (TPSA) is 27.1 Å². The van der Waals surface area contributed by atoms with E-state index in [1.807, 2.05) is 0 Å². The SMILES string of the molecule is CC(C)(C)c1nc(-c2csc3ccccc23)cn1CC1CCOCC1. The van der Waals surface area contributed by atoms with E-state index in [0.29, 0.717) is 5.92 Å². The first-order valence-electron chi connectivity index (χ1n) is 9.14. The van der Waals surface area contributed by atoms with E-state index in [1.165, 1.54) is 21.5 Å². The molecular formula is C21H26N2OS. The van der Waals surface area contributed by atoms with Crippen molar-refractivity contribution in [2.45, 2.75) is 45.6 Å². The Morgan fingerprint density at radius 1 is 1.20 bits per heavy atom. The van der Waals surface area contributed by atoms with Gasteiger partial charge in [-0.25, -0.2) is 4.98 Å². The zero-order chi connectivity index (χ0) is 17.4. The van der Waals surface area contributed by atoms with E-state index in [4.69, 9.17) is 9.72 Å². The summed E-state index contributed by atoms with van der Waals surface area (Å²) in [5, 5.41) is 3.56. The van der Waals surface area contributed by atoms with Gasteiger partial charge < -0.3 is 9.30 Å². The lowest BCUT2D eigenvalue weighted by Gasteiger charge is -2.25. The van der Waals surface area contributed by atoms with Gasteiger partial charge in [-0.2, -0.15) is 0 Å². The summed E-state index contributed by atoms with van der Waals surface area (Å²) in [6.07, 6.45) is 4.57. The van der Waals surface area contributed by atoms with Gasteiger partial charge in [-0.1, -0.05) is 39.0 Å². The molecule has 25 heavy (non-hydrogen) atoms. The quantitative estimate of drug-likeness (QED) is 0.622. The Kier molecular flexibility index (Phi) is 4.42. The predicted octanol–water partition coefficient (Wildman–Crippen LogP) is 5.49. The van der Waals surface area contributed by atoms with Gasteiger partial charge in [0.1, 0.15) is 5.82 Å². The van der Waals surface area contributed by atoms with Gasteiger partial charge in [0.2, 0.25) is 0 Å². The number of fused-ring (bicyclic) bond motifs is 1. The van der Waals surface area contributed by atoms with E-state index in [-0.39, 0.29) is 5.41 Å². The minimum Gasteiger partial charge on any atom is -0.381 e. The highest BCUT2D eigenvalue weighted by Crippen LogP contribution is 2.35. The molecule has 0 N–H and O–H groups in total. The molecule has 0 amide bonds.